The summed E-state index contributed by atoms with van der Waals surface area (Å²) in [6.45, 7) is 0. The summed E-state index contributed by atoms with van der Waals surface area (Å²) in [6.07, 6.45) is 1.37. The van der Waals surface area contributed by atoms with Crippen molar-refractivity contribution in [3.8, 4) is 0 Å². The van der Waals surface area contributed by atoms with Gasteiger partial charge >= 0.3 is 0 Å². The van der Waals surface area contributed by atoms with E-state index < -0.39 is 0 Å². The Bertz CT molecular complexity index is 901. The van der Waals surface area contributed by atoms with E-state index in [2.05, 4.69) is 15.6 Å². The topological polar surface area (TPSA) is 74.0 Å². The molecule has 7 heteroatoms. The monoisotopic (exact) mass is 359 g/mol. The Hall–Kier alpha value is -2.31. The summed E-state index contributed by atoms with van der Waals surface area (Å²) in [6, 6.07) is 11.1. The molecule has 2 atom stereocenters. The maximum absolute atomic E-state index is 12.6. The molecule has 1 aromatic carbocycles. The number of benzene rings is 1. The average molecular weight is 360 g/mol. The van der Waals surface area contributed by atoms with Gasteiger partial charge in [0.25, 0.3) is 5.91 Å². The molecule has 3 N–H and O–H groups in total. The number of H-pyrrole nitrogens is 1. The lowest BCUT2D eigenvalue weighted by Gasteiger charge is -2.20. The molecule has 5 nitrogen and oxygen atoms in total. The van der Waals surface area contributed by atoms with Crippen LogP contribution in [0.2, 0.25) is 4.34 Å². The number of aromatic nitrogens is 1. The number of rotatable bonds is 4. The Morgan fingerprint density at radius 3 is 2.96 bits per heavy atom. The van der Waals surface area contributed by atoms with Crippen molar-refractivity contribution in [1.82, 2.24) is 15.6 Å². The molecular weight excluding hydrogens is 346 g/mol. The van der Waals surface area contributed by atoms with Gasteiger partial charge < -0.3 is 15.6 Å². The van der Waals surface area contributed by atoms with Gasteiger partial charge in [0.05, 0.1) is 16.4 Å². The molecule has 2 heterocycles. The number of hydrogen-bond acceptors (Lipinski definition) is 3. The molecule has 3 aromatic rings. The Kier molecular flexibility index (Phi) is 3.78. The molecule has 0 radical (unpaired) electrons. The fraction of sp³-hybridized carbons (Fsp3) is 0.176. The molecule has 0 unspecified atom stereocenters. The molecule has 0 spiro atoms. The summed E-state index contributed by atoms with van der Waals surface area (Å²) in [5.41, 5.74) is 2.68. The third-order valence-electron chi connectivity index (χ3n) is 4.32. The smallest absolute Gasteiger partial charge is 0.268 e. The molecule has 122 valence electrons. The molecule has 0 saturated carbocycles. The van der Waals surface area contributed by atoms with Gasteiger partial charge in [0, 0.05) is 5.39 Å². The first-order chi connectivity index (χ1) is 11.7. The molecular formula is C17H14ClN3O2S. The van der Waals surface area contributed by atoms with E-state index in [1.165, 1.54) is 11.3 Å². The average Bonchev–Trinajstić information content (AvgIpc) is 3.19. The summed E-state index contributed by atoms with van der Waals surface area (Å²) in [4.78, 5) is 27.5. The first-order valence-electron chi connectivity index (χ1n) is 7.52. The second-order valence-electron chi connectivity index (χ2n) is 5.76. The van der Waals surface area contributed by atoms with Gasteiger partial charge in [-0.25, -0.2) is 0 Å². The summed E-state index contributed by atoms with van der Waals surface area (Å²) in [5.74, 6) is -0.190. The van der Waals surface area contributed by atoms with E-state index in [0.717, 1.165) is 21.3 Å². The summed E-state index contributed by atoms with van der Waals surface area (Å²) >= 11 is 7.36. The minimum atomic E-state index is -0.215. The van der Waals surface area contributed by atoms with E-state index in [-0.39, 0.29) is 18.0 Å². The molecule has 0 bridgehead atoms. The number of nitrogens with one attached hydrogen (secondary N) is 3. The lowest BCUT2D eigenvalue weighted by atomic mass is 10.1. The van der Waals surface area contributed by atoms with Crippen LogP contribution >= 0.6 is 22.9 Å². The van der Waals surface area contributed by atoms with Gasteiger partial charge in [-0.3, -0.25) is 9.59 Å². The van der Waals surface area contributed by atoms with E-state index in [4.69, 9.17) is 11.6 Å². The van der Waals surface area contributed by atoms with Gasteiger partial charge in [0.1, 0.15) is 10.5 Å². The van der Waals surface area contributed by atoms with Crippen molar-refractivity contribution in [3.63, 3.8) is 0 Å². The highest BCUT2D eigenvalue weighted by atomic mass is 35.5. The van der Waals surface area contributed by atoms with Crippen LogP contribution in [-0.2, 0) is 11.2 Å². The van der Waals surface area contributed by atoms with Gasteiger partial charge in [0.2, 0.25) is 6.41 Å². The van der Waals surface area contributed by atoms with Crippen LogP contribution in [0.3, 0.4) is 0 Å². The molecule has 0 fully saturated rings. The number of carbonyl (C=O) groups is 2. The van der Waals surface area contributed by atoms with Crippen molar-refractivity contribution in [2.45, 2.75) is 18.5 Å². The fourth-order valence-electron chi connectivity index (χ4n) is 3.27. The predicted octanol–water partition coefficient (Wildman–Crippen LogP) is 3.02. The van der Waals surface area contributed by atoms with Gasteiger partial charge in [0.15, 0.2) is 0 Å². The maximum atomic E-state index is 12.6. The van der Waals surface area contributed by atoms with Gasteiger partial charge in [-0.05, 0) is 29.7 Å². The zero-order valence-corrected chi connectivity index (χ0v) is 14.1. The van der Waals surface area contributed by atoms with Crippen molar-refractivity contribution in [1.29, 1.82) is 0 Å². The van der Waals surface area contributed by atoms with Crippen LogP contribution in [0.4, 0.5) is 0 Å². The van der Waals surface area contributed by atoms with Gasteiger partial charge in [-0.1, -0.05) is 35.9 Å². The lowest BCUT2D eigenvalue weighted by molar-refractivity contribution is -0.110. The number of amides is 2. The third kappa shape index (κ3) is 2.57. The van der Waals surface area contributed by atoms with E-state index >= 15 is 0 Å². The number of aromatic amines is 1. The normalized spacial score (nSPS) is 19.2. The highest BCUT2D eigenvalue weighted by Gasteiger charge is 2.33. The summed E-state index contributed by atoms with van der Waals surface area (Å²) in [5, 5.41) is 6.76. The second-order valence-corrected chi connectivity index (χ2v) is 7.45. The third-order valence-corrected chi connectivity index (χ3v) is 5.52. The highest BCUT2D eigenvalue weighted by molar-refractivity contribution is 7.22. The van der Waals surface area contributed by atoms with E-state index in [1.54, 1.807) is 6.07 Å². The number of fused-ring (bicyclic) bond motifs is 2. The Labute approximate surface area is 147 Å². The first kappa shape index (κ1) is 15.2. The fourth-order valence-corrected chi connectivity index (χ4v) is 4.40. The molecule has 1 aliphatic rings. The summed E-state index contributed by atoms with van der Waals surface area (Å²) in [7, 11) is 0. The number of carbonyl (C=O) groups excluding carboxylic acids is 2. The van der Waals surface area contributed by atoms with Crippen LogP contribution in [0.25, 0.3) is 10.2 Å². The van der Waals surface area contributed by atoms with Crippen molar-refractivity contribution in [3.05, 3.63) is 57.6 Å². The van der Waals surface area contributed by atoms with Crippen LogP contribution in [0, 0.1) is 0 Å². The summed E-state index contributed by atoms with van der Waals surface area (Å²) < 4.78 is 0.685. The van der Waals surface area contributed by atoms with Crippen LogP contribution in [0.15, 0.2) is 36.4 Å². The van der Waals surface area contributed by atoms with Crippen molar-refractivity contribution < 1.29 is 9.59 Å². The largest absolute Gasteiger partial charge is 0.350 e. The number of thiophene rings is 1. The zero-order chi connectivity index (χ0) is 16.7. The molecule has 0 saturated heterocycles. The number of halogens is 1. The first-order valence-corrected chi connectivity index (χ1v) is 8.71. The predicted molar refractivity (Wildman–Crippen MR) is 94.5 cm³/mol. The van der Waals surface area contributed by atoms with Gasteiger partial charge in [-0.15, -0.1) is 11.3 Å². The highest BCUT2D eigenvalue weighted by Crippen LogP contribution is 2.32. The van der Waals surface area contributed by atoms with E-state index in [9.17, 15) is 9.59 Å². The second kappa shape index (κ2) is 5.96. The van der Waals surface area contributed by atoms with Crippen LogP contribution in [0.1, 0.15) is 27.7 Å². The minimum Gasteiger partial charge on any atom is -0.350 e. The molecule has 0 aliphatic heterocycles. The quantitative estimate of drug-likeness (QED) is 0.626. The minimum absolute atomic E-state index is 0.176. The van der Waals surface area contributed by atoms with Crippen LogP contribution in [0.5, 0.6) is 0 Å². The van der Waals surface area contributed by atoms with Gasteiger partial charge in [-0.2, -0.15) is 0 Å². The maximum Gasteiger partial charge on any atom is 0.268 e. The lowest BCUT2D eigenvalue weighted by Crippen LogP contribution is -2.42. The molecule has 2 amide bonds. The van der Waals surface area contributed by atoms with E-state index in [1.807, 2.05) is 30.3 Å². The standard InChI is InChI=1S/C17H14ClN3O2S/c18-14-7-10-6-13(21-17(10)24-14)16(23)20-12-5-9-3-1-2-4-11(9)15(12)19-8-22/h1-4,6-8,12,15,21H,5H2,(H,19,22)(H,20,23)/t12-,15+/m1/s1. The Balaban J connectivity index is 1.56. The zero-order valence-electron chi connectivity index (χ0n) is 12.5. The van der Waals surface area contributed by atoms with Crippen molar-refractivity contribution in [2.75, 3.05) is 0 Å². The molecule has 1 aliphatic carbocycles. The molecule has 4 rings (SSSR count). The Morgan fingerprint density at radius 2 is 2.17 bits per heavy atom. The van der Waals surface area contributed by atoms with Crippen molar-refractivity contribution in [2.24, 2.45) is 0 Å². The van der Waals surface area contributed by atoms with Crippen LogP contribution in [-0.4, -0.2) is 23.3 Å². The Morgan fingerprint density at radius 1 is 1.33 bits per heavy atom. The molecule has 2 aromatic heterocycles. The molecule has 24 heavy (non-hydrogen) atoms. The van der Waals surface area contributed by atoms with Crippen LogP contribution < -0.4 is 10.6 Å². The SMILES string of the molecule is O=CN[C@H]1c2ccccc2C[C@H]1NC(=O)c1cc2cc(Cl)sc2[nH]1. The van der Waals surface area contributed by atoms with Crippen molar-refractivity contribution >= 4 is 45.5 Å². The number of hydrogen-bond donors (Lipinski definition) is 3. The van der Waals surface area contributed by atoms with E-state index in [0.29, 0.717) is 22.9 Å².